The molecule has 5 nitrogen and oxygen atoms in total. The monoisotopic (exact) mass is 420 g/mol. The van der Waals surface area contributed by atoms with Gasteiger partial charge in [0.25, 0.3) is 0 Å². The van der Waals surface area contributed by atoms with Gasteiger partial charge in [-0.2, -0.15) is 0 Å². The lowest BCUT2D eigenvalue weighted by Crippen LogP contribution is -2.32. The second-order valence-corrected chi connectivity index (χ2v) is 8.44. The number of nitrogens with zero attached hydrogens (tertiary/aromatic N) is 3. The molecule has 1 aromatic carbocycles. The van der Waals surface area contributed by atoms with E-state index < -0.39 is 0 Å². The summed E-state index contributed by atoms with van der Waals surface area (Å²) in [7, 11) is 0. The van der Waals surface area contributed by atoms with Crippen LogP contribution in [-0.2, 0) is 0 Å². The molecule has 30 heavy (non-hydrogen) atoms. The van der Waals surface area contributed by atoms with Gasteiger partial charge in [-0.05, 0) is 86.9 Å². The number of thiocarbonyl (C=S) groups is 1. The van der Waals surface area contributed by atoms with E-state index in [0.29, 0.717) is 11.7 Å². The van der Waals surface area contributed by atoms with Crippen molar-refractivity contribution < 1.29 is 5.11 Å². The Morgan fingerprint density at radius 1 is 1.07 bits per heavy atom. The summed E-state index contributed by atoms with van der Waals surface area (Å²) >= 11 is 5.64. The number of aromatic nitrogens is 2. The Kier molecular flexibility index (Phi) is 5.62. The average molecular weight is 421 g/mol. The molecule has 0 bridgehead atoms. The summed E-state index contributed by atoms with van der Waals surface area (Å²) in [5.41, 5.74) is 8.16. The highest BCUT2D eigenvalue weighted by Crippen LogP contribution is 2.41. The molecule has 0 radical (unpaired) electrons. The van der Waals surface area contributed by atoms with Gasteiger partial charge in [0.2, 0.25) is 0 Å². The third-order valence-electron chi connectivity index (χ3n) is 5.79. The topological polar surface area (TPSA) is 53.3 Å². The van der Waals surface area contributed by atoms with Gasteiger partial charge < -0.3 is 19.9 Å². The molecule has 0 saturated carbocycles. The maximum atomic E-state index is 9.68. The molecule has 2 atom stereocenters. The van der Waals surface area contributed by atoms with Crippen LogP contribution in [0, 0.1) is 27.7 Å². The van der Waals surface area contributed by atoms with Gasteiger partial charge in [0.05, 0.1) is 24.4 Å². The number of aliphatic hydroxyl groups excluding tert-OH is 1. The highest BCUT2D eigenvalue weighted by atomic mass is 32.1. The number of pyridine rings is 1. The normalized spacial score (nSPS) is 18.7. The Labute approximate surface area is 183 Å². The van der Waals surface area contributed by atoms with Gasteiger partial charge in [-0.25, -0.2) is 0 Å². The van der Waals surface area contributed by atoms with Crippen molar-refractivity contribution in [3.63, 3.8) is 0 Å². The molecule has 1 aliphatic rings. The third-order valence-corrected chi connectivity index (χ3v) is 6.14. The van der Waals surface area contributed by atoms with E-state index in [1.54, 1.807) is 0 Å². The van der Waals surface area contributed by atoms with Crippen LogP contribution in [0.25, 0.3) is 5.69 Å². The van der Waals surface area contributed by atoms with Crippen LogP contribution in [0.3, 0.4) is 0 Å². The van der Waals surface area contributed by atoms with Crippen LogP contribution in [0.2, 0.25) is 0 Å². The maximum absolute atomic E-state index is 9.68. The Morgan fingerprint density at radius 2 is 1.80 bits per heavy atom. The largest absolute Gasteiger partial charge is 0.395 e. The summed E-state index contributed by atoms with van der Waals surface area (Å²) < 4.78 is 2.31. The van der Waals surface area contributed by atoms with Crippen molar-refractivity contribution in [1.82, 2.24) is 19.8 Å². The smallest absolute Gasteiger partial charge is 0.170 e. The Hall–Kier alpha value is -2.70. The van der Waals surface area contributed by atoms with E-state index in [1.807, 2.05) is 24.4 Å². The minimum absolute atomic E-state index is 0.0367. The number of aryl methyl sites for hydroxylation is 3. The van der Waals surface area contributed by atoms with E-state index in [9.17, 15) is 5.11 Å². The summed E-state index contributed by atoms with van der Waals surface area (Å²) in [4.78, 5) is 6.67. The first-order valence-electron chi connectivity index (χ1n) is 10.3. The molecule has 1 saturated heterocycles. The minimum atomic E-state index is -0.0709. The SMILES string of the molecule is Cc1cc(C)cc(-n2c(C)cc([C@H]3[C@H](c4ccccn4)NC(=S)N3CCO)c2C)c1. The fourth-order valence-corrected chi connectivity index (χ4v) is 4.99. The van der Waals surface area contributed by atoms with Crippen LogP contribution >= 0.6 is 12.2 Å². The first-order valence-corrected chi connectivity index (χ1v) is 10.7. The molecular weight excluding hydrogens is 392 g/mol. The van der Waals surface area contributed by atoms with Crippen LogP contribution in [-0.4, -0.2) is 37.8 Å². The van der Waals surface area contributed by atoms with Crippen molar-refractivity contribution in [2.75, 3.05) is 13.2 Å². The summed E-state index contributed by atoms with van der Waals surface area (Å²) in [5, 5.41) is 13.8. The zero-order chi connectivity index (χ0) is 21.4. The zero-order valence-electron chi connectivity index (χ0n) is 17.9. The van der Waals surface area contributed by atoms with E-state index >= 15 is 0 Å². The Morgan fingerprint density at radius 3 is 2.43 bits per heavy atom. The minimum Gasteiger partial charge on any atom is -0.395 e. The molecule has 0 aliphatic carbocycles. The van der Waals surface area contributed by atoms with Gasteiger partial charge in [-0.15, -0.1) is 0 Å². The number of nitrogens with one attached hydrogen (secondary N) is 1. The van der Waals surface area contributed by atoms with Gasteiger partial charge in [-0.1, -0.05) is 12.1 Å². The number of hydrogen-bond acceptors (Lipinski definition) is 3. The highest BCUT2D eigenvalue weighted by molar-refractivity contribution is 7.80. The quantitative estimate of drug-likeness (QED) is 0.610. The van der Waals surface area contributed by atoms with Gasteiger partial charge in [0, 0.05) is 29.8 Å². The van der Waals surface area contributed by atoms with Crippen LogP contribution in [0.1, 0.15) is 45.9 Å². The standard InChI is InChI=1S/C24H28N4OS/c1-15-11-16(2)13-19(12-15)28-17(3)14-20(18(28)4)23-22(21-7-5-6-8-25-21)26-24(30)27(23)9-10-29/h5-8,11-14,22-23,29H,9-10H2,1-4H3,(H,26,30)/t22-,23-/m0/s1. The van der Waals surface area contributed by atoms with Crippen molar-refractivity contribution >= 4 is 17.3 Å². The van der Waals surface area contributed by atoms with Crippen LogP contribution in [0.4, 0.5) is 0 Å². The first kappa shape index (κ1) is 20.6. The van der Waals surface area contributed by atoms with Crippen molar-refractivity contribution in [3.8, 4) is 5.69 Å². The molecule has 1 fully saturated rings. The second-order valence-electron chi connectivity index (χ2n) is 8.05. The van der Waals surface area contributed by atoms with E-state index in [2.05, 4.69) is 71.7 Å². The lowest BCUT2D eigenvalue weighted by atomic mass is 9.97. The van der Waals surface area contributed by atoms with Crippen LogP contribution in [0.5, 0.6) is 0 Å². The first-order chi connectivity index (χ1) is 14.4. The van der Waals surface area contributed by atoms with Crippen molar-refractivity contribution in [1.29, 1.82) is 0 Å². The summed E-state index contributed by atoms with van der Waals surface area (Å²) in [6.45, 7) is 9.08. The predicted molar refractivity (Wildman–Crippen MR) is 124 cm³/mol. The van der Waals surface area contributed by atoms with E-state index in [-0.39, 0.29) is 18.7 Å². The fourth-order valence-electron chi connectivity index (χ4n) is 4.66. The fraction of sp³-hybridized carbons (Fsp3) is 0.333. The predicted octanol–water partition coefficient (Wildman–Crippen LogP) is 4.07. The molecule has 3 aromatic rings. The van der Waals surface area contributed by atoms with Gasteiger partial charge >= 0.3 is 0 Å². The lowest BCUT2D eigenvalue weighted by molar-refractivity contribution is 0.223. The number of aliphatic hydroxyl groups is 1. The zero-order valence-corrected chi connectivity index (χ0v) is 18.7. The Bertz CT molecular complexity index is 1060. The Balaban J connectivity index is 1.85. The molecule has 6 heteroatoms. The molecule has 156 valence electrons. The van der Waals surface area contributed by atoms with Gasteiger partial charge in [-0.3, -0.25) is 4.98 Å². The molecule has 1 aliphatic heterocycles. The number of hydrogen-bond donors (Lipinski definition) is 2. The highest BCUT2D eigenvalue weighted by Gasteiger charge is 2.41. The number of rotatable bonds is 5. The summed E-state index contributed by atoms with van der Waals surface area (Å²) in [6.07, 6.45) is 1.81. The molecule has 0 amide bonds. The van der Waals surface area contributed by atoms with Crippen LogP contribution < -0.4 is 5.32 Å². The van der Waals surface area contributed by atoms with E-state index in [4.69, 9.17) is 12.2 Å². The maximum Gasteiger partial charge on any atom is 0.170 e. The van der Waals surface area contributed by atoms with Crippen molar-refractivity contribution in [2.24, 2.45) is 0 Å². The van der Waals surface area contributed by atoms with Crippen LogP contribution in [0.15, 0.2) is 48.7 Å². The molecule has 3 heterocycles. The average Bonchev–Trinajstić information content (AvgIpc) is 3.18. The summed E-state index contributed by atoms with van der Waals surface area (Å²) in [5.74, 6) is 0. The number of β-amino-alcohol motifs (C(OH)–C–C–N with tert-alkyl or cyclic N) is 1. The lowest BCUT2D eigenvalue weighted by Gasteiger charge is -2.27. The van der Waals surface area contributed by atoms with Gasteiger partial charge in [0.1, 0.15) is 0 Å². The molecule has 0 spiro atoms. The molecule has 2 N–H and O–H groups in total. The molecule has 0 unspecified atom stereocenters. The van der Waals surface area contributed by atoms with E-state index in [1.165, 1.54) is 33.8 Å². The van der Waals surface area contributed by atoms with Crippen molar-refractivity contribution in [2.45, 2.75) is 39.8 Å². The van der Waals surface area contributed by atoms with Gasteiger partial charge in [0.15, 0.2) is 5.11 Å². The van der Waals surface area contributed by atoms with Crippen molar-refractivity contribution in [3.05, 3.63) is 82.4 Å². The number of benzene rings is 1. The third kappa shape index (κ3) is 3.61. The van der Waals surface area contributed by atoms with E-state index in [0.717, 1.165) is 5.69 Å². The molecular formula is C24H28N4OS. The second kappa shape index (κ2) is 8.20. The molecule has 2 aromatic heterocycles. The molecule has 4 rings (SSSR count). The summed E-state index contributed by atoms with van der Waals surface area (Å²) in [6, 6.07) is 14.7.